The van der Waals surface area contributed by atoms with Crippen LogP contribution in [0.5, 0.6) is 5.75 Å². The summed E-state index contributed by atoms with van der Waals surface area (Å²) in [6, 6.07) is 10.8. The van der Waals surface area contributed by atoms with Gasteiger partial charge in [0.1, 0.15) is 17.1 Å². The number of nitrogens with zero attached hydrogens (tertiary/aromatic N) is 2. The molecule has 0 fully saturated rings. The fraction of sp³-hybridized carbons (Fsp3) is 0.300. The second-order valence-corrected chi connectivity index (χ2v) is 6.61. The number of imidazole rings is 1. The molecule has 0 saturated carbocycles. The number of halogens is 1. The highest BCUT2D eigenvalue weighted by atomic mass is 19.1. The Labute approximate surface area is 150 Å². The van der Waals surface area contributed by atoms with E-state index in [4.69, 9.17) is 4.74 Å². The Morgan fingerprint density at radius 2 is 2.15 bits per heavy atom. The van der Waals surface area contributed by atoms with E-state index >= 15 is 0 Å². The average molecular weight is 353 g/mol. The number of benzene rings is 2. The number of aromatic nitrogens is 2. The fourth-order valence-electron chi connectivity index (χ4n) is 3.44. The van der Waals surface area contributed by atoms with Crippen molar-refractivity contribution < 1.29 is 13.9 Å². The van der Waals surface area contributed by atoms with Crippen LogP contribution in [-0.4, -0.2) is 28.1 Å². The summed E-state index contributed by atoms with van der Waals surface area (Å²) in [5, 5.41) is 2.90. The van der Waals surface area contributed by atoms with Gasteiger partial charge in [-0.15, -0.1) is 0 Å². The van der Waals surface area contributed by atoms with E-state index in [-0.39, 0.29) is 11.7 Å². The maximum atomic E-state index is 13.8. The number of ether oxygens (including phenoxy) is 1. The molecule has 2 aromatic carbocycles. The Balaban J connectivity index is 1.38. The molecular formula is C20H20FN3O2. The van der Waals surface area contributed by atoms with E-state index in [9.17, 15) is 9.18 Å². The minimum atomic E-state index is -0.496. The van der Waals surface area contributed by atoms with E-state index in [1.807, 2.05) is 42.8 Å². The highest BCUT2D eigenvalue weighted by Gasteiger charge is 2.29. The molecule has 4 rings (SSSR count). The van der Waals surface area contributed by atoms with Gasteiger partial charge in [0.15, 0.2) is 11.9 Å². The number of carbonyl (C=O) groups excluding carboxylic acids is 1. The second kappa shape index (κ2) is 6.44. The molecular weight excluding hydrogens is 333 g/mol. The lowest BCUT2D eigenvalue weighted by atomic mass is 10.1. The number of nitrogens with one attached hydrogen (secondary N) is 1. The smallest absolute Gasteiger partial charge is 0.261 e. The van der Waals surface area contributed by atoms with E-state index in [1.165, 1.54) is 6.07 Å². The number of amides is 1. The molecule has 1 atom stereocenters. The van der Waals surface area contributed by atoms with E-state index in [2.05, 4.69) is 10.3 Å². The molecule has 1 aliphatic heterocycles. The molecule has 26 heavy (non-hydrogen) atoms. The Morgan fingerprint density at radius 3 is 2.92 bits per heavy atom. The first-order valence-corrected chi connectivity index (χ1v) is 8.67. The Bertz CT molecular complexity index is 996. The van der Waals surface area contributed by atoms with Crippen molar-refractivity contribution in [2.75, 3.05) is 6.54 Å². The minimum absolute atomic E-state index is 0.134. The van der Waals surface area contributed by atoms with Crippen LogP contribution in [-0.2, 0) is 24.7 Å². The first-order chi connectivity index (χ1) is 12.5. The van der Waals surface area contributed by atoms with Gasteiger partial charge in [0.25, 0.3) is 5.91 Å². The van der Waals surface area contributed by atoms with Crippen LogP contribution in [0.1, 0.15) is 17.0 Å². The van der Waals surface area contributed by atoms with Gasteiger partial charge in [0, 0.05) is 26.4 Å². The molecule has 6 heteroatoms. The molecule has 0 spiro atoms. The monoisotopic (exact) mass is 353 g/mol. The van der Waals surface area contributed by atoms with E-state index in [0.717, 1.165) is 28.2 Å². The van der Waals surface area contributed by atoms with Crippen molar-refractivity contribution in [3.05, 3.63) is 59.2 Å². The lowest BCUT2D eigenvalue weighted by Crippen LogP contribution is -2.38. The maximum absolute atomic E-state index is 13.8. The number of hydrogen-bond acceptors (Lipinski definition) is 3. The SMILES string of the molecule is Cc1cccc2c1OC(C(=O)NCCc1nc3c(F)cccc3n1C)C2. The van der Waals surface area contributed by atoms with Crippen molar-refractivity contribution >= 4 is 16.9 Å². The molecule has 1 aromatic heterocycles. The summed E-state index contributed by atoms with van der Waals surface area (Å²) >= 11 is 0. The van der Waals surface area contributed by atoms with Crippen LogP contribution in [0.2, 0.25) is 0 Å². The molecule has 2 heterocycles. The van der Waals surface area contributed by atoms with Crippen LogP contribution in [0, 0.1) is 12.7 Å². The van der Waals surface area contributed by atoms with Crippen molar-refractivity contribution in [2.45, 2.75) is 25.9 Å². The summed E-state index contributed by atoms with van der Waals surface area (Å²) in [6.07, 6.45) is 0.610. The third kappa shape index (κ3) is 2.81. The third-order valence-corrected chi connectivity index (χ3v) is 4.85. The van der Waals surface area contributed by atoms with Crippen LogP contribution in [0.15, 0.2) is 36.4 Å². The molecule has 1 amide bonds. The second-order valence-electron chi connectivity index (χ2n) is 6.61. The van der Waals surface area contributed by atoms with Crippen LogP contribution in [0.3, 0.4) is 0 Å². The summed E-state index contributed by atoms with van der Waals surface area (Å²) in [7, 11) is 1.85. The zero-order valence-electron chi connectivity index (χ0n) is 14.8. The summed E-state index contributed by atoms with van der Waals surface area (Å²) < 4.78 is 21.5. The van der Waals surface area contributed by atoms with E-state index < -0.39 is 6.10 Å². The Kier molecular flexibility index (Phi) is 4.11. The number of carbonyl (C=O) groups is 1. The van der Waals surface area contributed by atoms with Crippen molar-refractivity contribution in [3.8, 4) is 5.75 Å². The quantitative estimate of drug-likeness (QED) is 0.785. The maximum Gasteiger partial charge on any atom is 0.261 e. The fourth-order valence-corrected chi connectivity index (χ4v) is 3.44. The molecule has 1 aliphatic rings. The summed E-state index contributed by atoms with van der Waals surface area (Å²) in [5.41, 5.74) is 3.22. The molecule has 5 nitrogen and oxygen atoms in total. The summed E-state index contributed by atoms with van der Waals surface area (Å²) in [5.74, 6) is 1.08. The zero-order valence-corrected chi connectivity index (χ0v) is 14.8. The Morgan fingerprint density at radius 1 is 1.35 bits per heavy atom. The molecule has 1 N–H and O–H groups in total. The van der Waals surface area contributed by atoms with Crippen LogP contribution in [0.25, 0.3) is 11.0 Å². The lowest BCUT2D eigenvalue weighted by molar-refractivity contribution is -0.127. The van der Waals surface area contributed by atoms with Gasteiger partial charge in [0.05, 0.1) is 5.52 Å². The first-order valence-electron chi connectivity index (χ1n) is 8.67. The zero-order chi connectivity index (χ0) is 18.3. The largest absolute Gasteiger partial charge is 0.480 e. The van der Waals surface area contributed by atoms with Gasteiger partial charge in [-0.25, -0.2) is 9.37 Å². The average Bonchev–Trinajstić information content (AvgIpc) is 3.19. The van der Waals surface area contributed by atoms with Gasteiger partial charge in [-0.3, -0.25) is 4.79 Å². The van der Waals surface area contributed by atoms with Gasteiger partial charge in [-0.1, -0.05) is 24.3 Å². The highest BCUT2D eigenvalue weighted by molar-refractivity contribution is 5.82. The topological polar surface area (TPSA) is 56.1 Å². The van der Waals surface area contributed by atoms with Crippen LogP contribution >= 0.6 is 0 Å². The number of para-hydroxylation sites is 2. The number of fused-ring (bicyclic) bond motifs is 2. The first kappa shape index (κ1) is 16.6. The van der Waals surface area contributed by atoms with Gasteiger partial charge >= 0.3 is 0 Å². The molecule has 134 valence electrons. The van der Waals surface area contributed by atoms with Crippen molar-refractivity contribution in [3.63, 3.8) is 0 Å². The van der Waals surface area contributed by atoms with E-state index in [0.29, 0.717) is 24.9 Å². The molecule has 3 aromatic rings. The number of rotatable bonds is 4. The van der Waals surface area contributed by atoms with Gasteiger partial charge in [-0.2, -0.15) is 0 Å². The molecule has 1 unspecified atom stereocenters. The van der Waals surface area contributed by atoms with Crippen LogP contribution < -0.4 is 10.1 Å². The number of aryl methyl sites for hydroxylation is 2. The van der Waals surface area contributed by atoms with Gasteiger partial charge < -0.3 is 14.6 Å². The molecule has 0 aliphatic carbocycles. The normalized spacial score (nSPS) is 15.7. The van der Waals surface area contributed by atoms with E-state index in [1.54, 1.807) is 6.07 Å². The van der Waals surface area contributed by atoms with Gasteiger partial charge in [0.2, 0.25) is 0 Å². The Hall–Kier alpha value is -2.89. The van der Waals surface area contributed by atoms with Crippen molar-refractivity contribution in [1.82, 2.24) is 14.9 Å². The lowest BCUT2D eigenvalue weighted by Gasteiger charge is -2.12. The molecule has 0 bridgehead atoms. The highest BCUT2D eigenvalue weighted by Crippen LogP contribution is 2.31. The molecule has 0 radical (unpaired) electrons. The van der Waals surface area contributed by atoms with Crippen molar-refractivity contribution in [1.29, 1.82) is 0 Å². The standard InChI is InChI=1S/C20H20FN3O2/c1-12-5-3-6-13-11-16(26-19(12)13)20(25)22-10-9-17-23-18-14(21)7-4-8-15(18)24(17)2/h3-8,16H,9-11H2,1-2H3,(H,22,25). The third-order valence-electron chi connectivity index (χ3n) is 4.85. The van der Waals surface area contributed by atoms with Gasteiger partial charge in [-0.05, 0) is 30.2 Å². The summed E-state index contributed by atoms with van der Waals surface area (Å²) in [4.78, 5) is 16.8. The van der Waals surface area contributed by atoms with Crippen LogP contribution in [0.4, 0.5) is 4.39 Å². The minimum Gasteiger partial charge on any atom is -0.480 e. The predicted octanol–water partition coefficient (Wildman–Crippen LogP) is 2.68. The molecule has 0 saturated heterocycles. The van der Waals surface area contributed by atoms with Crippen molar-refractivity contribution in [2.24, 2.45) is 7.05 Å². The predicted molar refractivity (Wildman–Crippen MR) is 96.7 cm³/mol. The number of hydrogen-bond donors (Lipinski definition) is 1. The summed E-state index contributed by atoms with van der Waals surface area (Å²) in [6.45, 7) is 2.40.